The summed E-state index contributed by atoms with van der Waals surface area (Å²) in [6.45, 7) is 2.22. The molecule has 2 nitrogen and oxygen atoms in total. The molecule has 6 rings (SSSR count). The van der Waals surface area contributed by atoms with Gasteiger partial charge >= 0.3 is 0 Å². The van der Waals surface area contributed by atoms with Crippen molar-refractivity contribution in [1.29, 1.82) is 0 Å². The Hall–Kier alpha value is -0.0000000000000000555. The molecule has 0 aromatic heterocycles. The zero-order valence-electron chi connectivity index (χ0n) is 21.4. The van der Waals surface area contributed by atoms with Crippen LogP contribution in [0.15, 0.2) is 24.3 Å². The SMILES string of the molecule is c1ccc2c(c1)C[C@@H](COP(C1CCCC1)C1CCCC1)N(P(C1CCCC1)C1CCCC1)C2. The van der Waals surface area contributed by atoms with Crippen LogP contribution in [0.2, 0.25) is 0 Å². The lowest BCUT2D eigenvalue weighted by atomic mass is 9.96. The van der Waals surface area contributed by atoms with Crippen LogP contribution in [0.4, 0.5) is 0 Å². The van der Waals surface area contributed by atoms with E-state index in [-0.39, 0.29) is 16.2 Å². The summed E-state index contributed by atoms with van der Waals surface area (Å²) in [6, 6.07) is 10.0. The molecule has 4 aliphatic carbocycles. The summed E-state index contributed by atoms with van der Waals surface area (Å²) in [4.78, 5) is 0. The van der Waals surface area contributed by atoms with Crippen LogP contribution in [0, 0.1) is 0 Å². The molecule has 0 radical (unpaired) electrons. The van der Waals surface area contributed by atoms with E-state index in [2.05, 4.69) is 28.9 Å². The average molecular weight is 500 g/mol. The number of hydrogen-bond donors (Lipinski definition) is 0. The quantitative estimate of drug-likeness (QED) is 0.331. The first-order chi connectivity index (χ1) is 16.9. The van der Waals surface area contributed by atoms with E-state index >= 15 is 0 Å². The lowest BCUT2D eigenvalue weighted by molar-refractivity contribution is 0.202. The Morgan fingerprint density at radius 1 is 0.647 bits per heavy atom. The maximum Gasteiger partial charge on any atom is 0.0671 e. The number of nitrogens with zero attached hydrogens (tertiary/aromatic N) is 1. The van der Waals surface area contributed by atoms with Gasteiger partial charge in [0.25, 0.3) is 0 Å². The number of rotatable bonds is 8. The molecule has 1 atom stereocenters. The van der Waals surface area contributed by atoms with Crippen molar-refractivity contribution in [3.8, 4) is 0 Å². The molecule has 0 N–H and O–H groups in total. The third-order valence-corrected chi connectivity index (χ3v) is 16.3. The Labute approximate surface area is 211 Å². The van der Waals surface area contributed by atoms with Crippen molar-refractivity contribution in [2.75, 3.05) is 6.61 Å². The van der Waals surface area contributed by atoms with Crippen molar-refractivity contribution in [1.82, 2.24) is 4.67 Å². The van der Waals surface area contributed by atoms with Crippen molar-refractivity contribution in [2.24, 2.45) is 0 Å². The van der Waals surface area contributed by atoms with Gasteiger partial charge in [-0.2, -0.15) is 0 Å². The van der Waals surface area contributed by atoms with E-state index in [0.717, 1.165) is 29.2 Å². The molecule has 0 unspecified atom stereocenters. The van der Waals surface area contributed by atoms with Crippen LogP contribution in [0.1, 0.15) is 114 Å². The minimum atomic E-state index is -0.233. The van der Waals surface area contributed by atoms with Crippen molar-refractivity contribution in [2.45, 2.75) is 144 Å². The molecule has 4 heteroatoms. The molecule has 188 valence electrons. The molecule has 4 saturated carbocycles. The molecule has 1 aromatic carbocycles. The summed E-state index contributed by atoms with van der Waals surface area (Å²) in [5.41, 5.74) is 7.05. The molecule has 1 aliphatic heterocycles. The van der Waals surface area contributed by atoms with Crippen LogP contribution in [0.25, 0.3) is 0 Å². The molecular formula is C30H47NOP2. The van der Waals surface area contributed by atoms with Gasteiger partial charge in [-0.15, -0.1) is 0 Å². The number of fused-ring (bicyclic) bond motifs is 1. The van der Waals surface area contributed by atoms with Gasteiger partial charge in [0.1, 0.15) is 0 Å². The van der Waals surface area contributed by atoms with Gasteiger partial charge in [0.05, 0.1) is 6.61 Å². The van der Waals surface area contributed by atoms with Crippen LogP contribution >= 0.6 is 16.2 Å². The summed E-state index contributed by atoms with van der Waals surface area (Å²) in [5, 5.41) is 0. The molecule has 1 aromatic rings. The van der Waals surface area contributed by atoms with Gasteiger partial charge in [-0.25, -0.2) is 0 Å². The second kappa shape index (κ2) is 11.6. The van der Waals surface area contributed by atoms with Crippen LogP contribution < -0.4 is 0 Å². The van der Waals surface area contributed by atoms with E-state index < -0.39 is 0 Å². The third-order valence-electron chi connectivity index (χ3n) is 9.81. The highest BCUT2D eigenvalue weighted by Gasteiger charge is 2.42. The minimum absolute atomic E-state index is 0.0356. The first kappa shape index (κ1) is 24.3. The van der Waals surface area contributed by atoms with E-state index in [9.17, 15) is 0 Å². The van der Waals surface area contributed by atoms with Crippen molar-refractivity contribution < 1.29 is 4.52 Å². The molecule has 5 aliphatic rings. The highest BCUT2D eigenvalue weighted by atomic mass is 31.1. The van der Waals surface area contributed by atoms with Gasteiger partial charge in [-0.3, -0.25) is 4.67 Å². The van der Waals surface area contributed by atoms with Gasteiger partial charge in [-0.1, -0.05) is 75.6 Å². The van der Waals surface area contributed by atoms with Crippen molar-refractivity contribution in [3.63, 3.8) is 0 Å². The average Bonchev–Trinajstić information content (AvgIpc) is 3.69. The largest absolute Gasteiger partial charge is 0.357 e. The van der Waals surface area contributed by atoms with E-state index in [1.807, 2.05) is 0 Å². The summed E-state index contributed by atoms with van der Waals surface area (Å²) in [6.07, 6.45) is 24.8. The zero-order chi connectivity index (χ0) is 22.7. The van der Waals surface area contributed by atoms with Crippen LogP contribution in [0.5, 0.6) is 0 Å². The maximum absolute atomic E-state index is 7.20. The molecule has 0 amide bonds. The molecular weight excluding hydrogens is 452 g/mol. The van der Waals surface area contributed by atoms with Crippen molar-refractivity contribution in [3.05, 3.63) is 35.4 Å². The smallest absolute Gasteiger partial charge is 0.0671 e. The van der Waals surface area contributed by atoms with E-state index in [4.69, 9.17) is 4.52 Å². The third kappa shape index (κ3) is 5.32. The van der Waals surface area contributed by atoms with Crippen LogP contribution in [-0.4, -0.2) is 40.0 Å². The van der Waals surface area contributed by atoms with Gasteiger partial charge < -0.3 is 4.52 Å². The Bertz CT molecular complexity index is 746. The Kier molecular flexibility index (Phi) is 8.30. The van der Waals surface area contributed by atoms with Crippen molar-refractivity contribution >= 4 is 16.2 Å². The summed E-state index contributed by atoms with van der Waals surface area (Å²) < 4.78 is 10.3. The molecule has 1 heterocycles. The predicted molar refractivity (Wildman–Crippen MR) is 148 cm³/mol. The van der Waals surface area contributed by atoms with Gasteiger partial charge in [-0.05, 0) is 88.3 Å². The van der Waals surface area contributed by atoms with E-state index in [1.165, 1.54) is 116 Å². The molecule has 0 spiro atoms. The summed E-state index contributed by atoms with van der Waals surface area (Å²) in [5.74, 6) is 0. The monoisotopic (exact) mass is 499 g/mol. The molecule has 4 fully saturated rings. The fourth-order valence-corrected chi connectivity index (χ4v) is 15.2. The second-order valence-electron chi connectivity index (χ2n) is 12.0. The Morgan fingerprint density at radius 2 is 1.12 bits per heavy atom. The molecule has 34 heavy (non-hydrogen) atoms. The molecule has 0 saturated heterocycles. The van der Waals surface area contributed by atoms with Crippen LogP contribution in [-0.2, 0) is 17.5 Å². The fraction of sp³-hybridized carbons (Fsp3) is 0.800. The normalized spacial score (nSPS) is 28.1. The Morgan fingerprint density at radius 3 is 1.65 bits per heavy atom. The first-order valence-corrected chi connectivity index (χ1v) is 17.7. The van der Waals surface area contributed by atoms with Crippen LogP contribution in [0.3, 0.4) is 0 Å². The second-order valence-corrected chi connectivity index (χ2v) is 17.2. The van der Waals surface area contributed by atoms with Gasteiger partial charge in [0.2, 0.25) is 0 Å². The zero-order valence-corrected chi connectivity index (χ0v) is 23.2. The maximum atomic E-state index is 7.20. The highest BCUT2D eigenvalue weighted by Crippen LogP contribution is 2.62. The summed E-state index contributed by atoms with van der Waals surface area (Å²) >= 11 is 0. The number of benzene rings is 1. The lowest BCUT2D eigenvalue weighted by Gasteiger charge is -2.47. The highest BCUT2D eigenvalue weighted by molar-refractivity contribution is 7.56. The summed E-state index contributed by atoms with van der Waals surface area (Å²) in [7, 11) is -0.269. The van der Waals surface area contributed by atoms with E-state index in [1.54, 1.807) is 11.1 Å². The minimum Gasteiger partial charge on any atom is -0.357 e. The topological polar surface area (TPSA) is 12.5 Å². The Balaban J connectivity index is 1.24. The van der Waals surface area contributed by atoms with Gasteiger partial charge in [0.15, 0.2) is 0 Å². The number of hydrogen-bond acceptors (Lipinski definition) is 2. The first-order valence-electron chi connectivity index (χ1n) is 14.9. The fourth-order valence-electron chi connectivity index (χ4n) is 8.04. The lowest BCUT2D eigenvalue weighted by Crippen LogP contribution is -2.43. The van der Waals surface area contributed by atoms with E-state index in [0.29, 0.717) is 6.04 Å². The standard InChI is InChI=1S/C30H47NOP2/c1-2-12-25-22-31(33(27-13-3-4-14-27)28-15-5-6-16-28)26(21-24(25)11-1)23-32-34(29-17-7-8-18-29)30-19-9-10-20-30/h1-2,11-12,26-30H,3-10,13-23H2/t26-/m0/s1. The van der Waals surface area contributed by atoms with Gasteiger partial charge in [0, 0.05) is 32.1 Å². The predicted octanol–water partition coefficient (Wildman–Crippen LogP) is 8.99. The molecule has 0 bridgehead atoms.